The summed E-state index contributed by atoms with van der Waals surface area (Å²) in [4.78, 5) is 0. The van der Waals surface area contributed by atoms with Gasteiger partial charge in [0.15, 0.2) is 0 Å². The van der Waals surface area contributed by atoms with Gasteiger partial charge >= 0.3 is 0 Å². The maximum absolute atomic E-state index is 2.51. The molecule has 0 bridgehead atoms. The first-order valence-electron chi connectivity index (χ1n) is 13.5. The second kappa shape index (κ2) is 15.8. The van der Waals surface area contributed by atoms with Gasteiger partial charge in [-0.2, -0.15) is 0 Å². The van der Waals surface area contributed by atoms with Crippen molar-refractivity contribution in [3.63, 3.8) is 0 Å². The molecule has 29 heavy (non-hydrogen) atoms. The summed E-state index contributed by atoms with van der Waals surface area (Å²) in [7, 11) is 0. The molecule has 0 aliphatic heterocycles. The molecule has 0 heteroatoms. The molecule has 0 saturated heterocycles. The van der Waals surface area contributed by atoms with E-state index < -0.39 is 0 Å². The van der Waals surface area contributed by atoms with Gasteiger partial charge in [-0.05, 0) is 53.8 Å². The van der Waals surface area contributed by atoms with Crippen LogP contribution in [0.1, 0.15) is 146 Å². The minimum atomic E-state index is 0.526. The van der Waals surface area contributed by atoms with Crippen LogP contribution in [-0.4, -0.2) is 0 Å². The molecule has 5 unspecified atom stereocenters. The second-order valence-electron chi connectivity index (χ2n) is 12.3. The van der Waals surface area contributed by atoms with Gasteiger partial charge in [0.2, 0.25) is 0 Å². The Morgan fingerprint density at radius 1 is 0.517 bits per heavy atom. The van der Waals surface area contributed by atoms with Gasteiger partial charge in [-0.25, -0.2) is 0 Å². The summed E-state index contributed by atoms with van der Waals surface area (Å²) in [5.74, 6) is 5.33. The average Bonchev–Trinajstić information content (AvgIpc) is 2.67. The van der Waals surface area contributed by atoms with Crippen LogP contribution in [-0.2, 0) is 0 Å². The Bertz CT molecular complexity index is 366. The summed E-state index contributed by atoms with van der Waals surface area (Å²) in [5.41, 5.74) is 0.526. The van der Waals surface area contributed by atoms with Crippen LogP contribution in [0.15, 0.2) is 0 Å². The minimum Gasteiger partial charge on any atom is -0.0651 e. The van der Waals surface area contributed by atoms with Crippen LogP contribution in [0.4, 0.5) is 0 Å². The van der Waals surface area contributed by atoms with Gasteiger partial charge in [0, 0.05) is 0 Å². The van der Waals surface area contributed by atoms with Gasteiger partial charge in [0.05, 0.1) is 0 Å². The predicted molar refractivity (Wildman–Crippen MR) is 136 cm³/mol. The fourth-order valence-corrected chi connectivity index (χ4v) is 4.39. The molecule has 0 aliphatic rings. The van der Waals surface area contributed by atoms with Gasteiger partial charge in [-0.3, -0.25) is 0 Å². The van der Waals surface area contributed by atoms with Crippen LogP contribution in [0, 0.1) is 40.9 Å². The summed E-state index contributed by atoms with van der Waals surface area (Å²) in [6, 6.07) is 0. The van der Waals surface area contributed by atoms with Crippen molar-refractivity contribution in [3.05, 3.63) is 0 Å². The van der Waals surface area contributed by atoms with Crippen molar-refractivity contribution in [3.8, 4) is 0 Å². The molecule has 0 N–H and O–H groups in total. The lowest BCUT2D eigenvalue weighted by Gasteiger charge is -2.28. The highest BCUT2D eigenvalue weighted by Crippen LogP contribution is 2.34. The SMILES string of the molecule is CCC(C)C(C)CCCCCC(C)CCC(C)(C)CCC(C)CCC(C)C(C)C. The van der Waals surface area contributed by atoms with E-state index >= 15 is 0 Å². The molecular weight excluding hydrogens is 348 g/mol. The molecule has 0 amide bonds. The summed E-state index contributed by atoms with van der Waals surface area (Å²) in [5, 5.41) is 0. The van der Waals surface area contributed by atoms with Gasteiger partial charge in [0.25, 0.3) is 0 Å². The fourth-order valence-electron chi connectivity index (χ4n) is 4.39. The summed E-state index contributed by atoms with van der Waals surface area (Å²) in [6.07, 6.45) is 17.0. The van der Waals surface area contributed by atoms with E-state index in [9.17, 15) is 0 Å². The zero-order valence-corrected chi connectivity index (χ0v) is 22.4. The number of rotatable bonds is 18. The first-order valence-corrected chi connectivity index (χ1v) is 13.5. The molecular formula is C29H60. The van der Waals surface area contributed by atoms with E-state index in [0.29, 0.717) is 5.41 Å². The number of hydrogen-bond acceptors (Lipinski definition) is 0. The number of unbranched alkanes of at least 4 members (excludes halogenated alkanes) is 2. The molecule has 0 spiro atoms. The van der Waals surface area contributed by atoms with Crippen LogP contribution in [0.25, 0.3) is 0 Å². The molecule has 0 heterocycles. The van der Waals surface area contributed by atoms with E-state index in [1.807, 2.05) is 0 Å². The van der Waals surface area contributed by atoms with E-state index in [1.54, 1.807) is 0 Å². The smallest absolute Gasteiger partial charge is 0.0354 e. The predicted octanol–water partition coefficient (Wildman–Crippen LogP) is 10.6. The van der Waals surface area contributed by atoms with E-state index in [1.165, 1.54) is 77.0 Å². The molecule has 0 nitrogen and oxygen atoms in total. The van der Waals surface area contributed by atoms with E-state index in [2.05, 4.69) is 69.2 Å². The largest absolute Gasteiger partial charge is 0.0651 e. The molecule has 5 atom stereocenters. The van der Waals surface area contributed by atoms with Crippen molar-refractivity contribution in [2.45, 2.75) is 146 Å². The van der Waals surface area contributed by atoms with Crippen LogP contribution in [0.3, 0.4) is 0 Å². The van der Waals surface area contributed by atoms with Gasteiger partial charge in [-0.15, -0.1) is 0 Å². The van der Waals surface area contributed by atoms with E-state index in [0.717, 1.165) is 35.5 Å². The molecule has 0 fully saturated rings. The van der Waals surface area contributed by atoms with Gasteiger partial charge in [0.1, 0.15) is 0 Å². The first-order chi connectivity index (χ1) is 13.5. The van der Waals surface area contributed by atoms with Crippen LogP contribution >= 0.6 is 0 Å². The molecule has 0 aromatic heterocycles. The maximum atomic E-state index is 2.51. The highest BCUT2D eigenvalue weighted by Gasteiger charge is 2.20. The molecule has 0 aromatic carbocycles. The molecule has 0 saturated carbocycles. The van der Waals surface area contributed by atoms with Crippen molar-refractivity contribution in [1.82, 2.24) is 0 Å². The third-order valence-electron chi connectivity index (χ3n) is 8.35. The molecule has 0 aromatic rings. The first kappa shape index (κ1) is 29.0. The van der Waals surface area contributed by atoms with Crippen molar-refractivity contribution in [2.24, 2.45) is 40.9 Å². The maximum Gasteiger partial charge on any atom is -0.0354 e. The Hall–Kier alpha value is 0. The van der Waals surface area contributed by atoms with Crippen molar-refractivity contribution >= 4 is 0 Å². The Kier molecular flexibility index (Phi) is 15.8. The molecule has 0 rings (SSSR count). The summed E-state index contributed by atoms with van der Waals surface area (Å²) < 4.78 is 0. The Morgan fingerprint density at radius 2 is 1.03 bits per heavy atom. The lowest BCUT2D eigenvalue weighted by atomic mass is 9.78. The van der Waals surface area contributed by atoms with Crippen molar-refractivity contribution in [2.75, 3.05) is 0 Å². The van der Waals surface area contributed by atoms with E-state index in [-0.39, 0.29) is 0 Å². The lowest BCUT2D eigenvalue weighted by Crippen LogP contribution is -2.15. The van der Waals surface area contributed by atoms with Crippen LogP contribution < -0.4 is 0 Å². The molecule has 176 valence electrons. The Morgan fingerprint density at radius 3 is 1.55 bits per heavy atom. The summed E-state index contributed by atoms with van der Waals surface area (Å²) >= 11 is 0. The van der Waals surface area contributed by atoms with Gasteiger partial charge in [-0.1, -0.05) is 133 Å². The Balaban J connectivity index is 3.87. The fraction of sp³-hybridized carbons (Fsp3) is 1.00. The zero-order chi connectivity index (χ0) is 22.4. The molecule has 0 radical (unpaired) electrons. The second-order valence-corrected chi connectivity index (χ2v) is 12.3. The lowest BCUT2D eigenvalue weighted by molar-refractivity contribution is 0.241. The number of hydrogen-bond donors (Lipinski definition) is 0. The highest BCUT2D eigenvalue weighted by atomic mass is 14.3. The van der Waals surface area contributed by atoms with Gasteiger partial charge < -0.3 is 0 Å². The summed E-state index contributed by atoms with van der Waals surface area (Å²) in [6.45, 7) is 24.4. The Labute approximate surface area is 187 Å². The van der Waals surface area contributed by atoms with Crippen LogP contribution in [0.2, 0.25) is 0 Å². The van der Waals surface area contributed by atoms with Crippen LogP contribution in [0.5, 0.6) is 0 Å². The third kappa shape index (κ3) is 15.5. The normalized spacial score (nSPS) is 17.9. The standard InChI is InChI=1S/C29H60/c1-11-26(6)28(8)16-14-12-13-15-24(4)19-21-29(9,10)22-20-25(5)17-18-27(7)23(2)3/h23-28H,11-22H2,1-10H3. The minimum absolute atomic E-state index is 0.526. The average molecular weight is 409 g/mol. The monoisotopic (exact) mass is 408 g/mol. The van der Waals surface area contributed by atoms with Crippen molar-refractivity contribution < 1.29 is 0 Å². The quantitative estimate of drug-likeness (QED) is 0.198. The topological polar surface area (TPSA) is 0 Å². The van der Waals surface area contributed by atoms with Crippen molar-refractivity contribution in [1.29, 1.82) is 0 Å². The zero-order valence-electron chi connectivity index (χ0n) is 22.4. The third-order valence-corrected chi connectivity index (χ3v) is 8.35. The highest BCUT2D eigenvalue weighted by molar-refractivity contribution is 4.72. The molecule has 0 aliphatic carbocycles. The van der Waals surface area contributed by atoms with E-state index in [4.69, 9.17) is 0 Å².